The zero-order valence-corrected chi connectivity index (χ0v) is 13.9. The number of carbonyl (C=O) groups excluding carboxylic acids is 1. The summed E-state index contributed by atoms with van der Waals surface area (Å²) in [5.41, 5.74) is 3.27. The fourth-order valence-electron chi connectivity index (χ4n) is 2.33. The van der Waals surface area contributed by atoms with E-state index >= 15 is 0 Å². The number of rotatable bonds is 4. The number of nitrogens with zero attached hydrogens (tertiary/aromatic N) is 2. The summed E-state index contributed by atoms with van der Waals surface area (Å²) < 4.78 is 0. The van der Waals surface area contributed by atoms with Gasteiger partial charge in [-0.05, 0) is 36.8 Å². The summed E-state index contributed by atoms with van der Waals surface area (Å²) in [7, 11) is 0. The van der Waals surface area contributed by atoms with E-state index in [4.69, 9.17) is 11.6 Å². The van der Waals surface area contributed by atoms with Crippen LogP contribution in [0.5, 0.6) is 0 Å². The molecule has 3 aromatic rings. The van der Waals surface area contributed by atoms with Crippen LogP contribution in [0.3, 0.4) is 0 Å². The number of nitrogens with one attached hydrogen (secondary N) is 1. The Kier molecular flexibility index (Phi) is 4.87. The fourth-order valence-corrected chi connectivity index (χ4v) is 2.53. The summed E-state index contributed by atoms with van der Waals surface area (Å²) in [6.07, 6.45) is 1.72. The number of aromatic nitrogens is 2. The number of carbonyl (C=O) groups is 1. The Morgan fingerprint density at radius 3 is 2.54 bits per heavy atom. The van der Waals surface area contributed by atoms with Crippen molar-refractivity contribution in [3.8, 4) is 11.3 Å². The van der Waals surface area contributed by atoms with Gasteiger partial charge in [0, 0.05) is 28.9 Å². The van der Waals surface area contributed by atoms with E-state index < -0.39 is 0 Å². The Morgan fingerprint density at radius 1 is 1.08 bits per heavy atom. The highest BCUT2D eigenvalue weighted by Crippen LogP contribution is 2.18. The van der Waals surface area contributed by atoms with Gasteiger partial charge in [0.2, 0.25) is 0 Å². The van der Waals surface area contributed by atoms with Gasteiger partial charge in [-0.2, -0.15) is 0 Å². The van der Waals surface area contributed by atoms with Gasteiger partial charge in [0.05, 0.1) is 5.69 Å². The first kappa shape index (κ1) is 16.1. The van der Waals surface area contributed by atoms with Crippen molar-refractivity contribution >= 4 is 17.5 Å². The van der Waals surface area contributed by atoms with Crippen LogP contribution in [0.4, 0.5) is 0 Å². The van der Waals surface area contributed by atoms with Crippen molar-refractivity contribution < 1.29 is 4.79 Å². The molecule has 0 bridgehead atoms. The summed E-state index contributed by atoms with van der Waals surface area (Å²) in [6.45, 7) is 2.24. The van der Waals surface area contributed by atoms with E-state index in [0.29, 0.717) is 23.0 Å². The molecule has 0 atom stereocenters. The number of halogens is 1. The Balaban J connectivity index is 1.69. The SMILES string of the molecule is Cc1nccc(-c2ccc(C(=O)NCc3ccccc3Cl)cc2)n1. The van der Waals surface area contributed by atoms with Crippen molar-refractivity contribution in [3.63, 3.8) is 0 Å². The summed E-state index contributed by atoms with van der Waals surface area (Å²) in [5.74, 6) is 0.578. The van der Waals surface area contributed by atoms with Crippen LogP contribution in [0.25, 0.3) is 11.3 Å². The molecule has 1 aromatic heterocycles. The molecule has 0 spiro atoms. The van der Waals surface area contributed by atoms with Gasteiger partial charge in [-0.1, -0.05) is 41.9 Å². The second-order valence-corrected chi connectivity index (χ2v) is 5.75. The molecule has 0 saturated carbocycles. The molecular formula is C19H16ClN3O. The van der Waals surface area contributed by atoms with Crippen LogP contribution in [-0.2, 0) is 6.54 Å². The highest BCUT2D eigenvalue weighted by atomic mass is 35.5. The van der Waals surface area contributed by atoms with Gasteiger partial charge in [-0.15, -0.1) is 0 Å². The second-order valence-electron chi connectivity index (χ2n) is 5.34. The lowest BCUT2D eigenvalue weighted by atomic mass is 10.1. The highest BCUT2D eigenvalue weighted by Gasteiger charge is 2.07. The third kappa shape index (κ3) is 3.78. The maximum atomic E-state index is 12.3. The molecule has 4 nitrogen and oxygen atoms in total. The van der Waals surface area contributed by atoms with E-state index in [9.17, 15) is 4.79 Å². The lowest BCUT2D eigenvalue weighted by Gasteiger charge is -2.08. The van der Waals surface area contributed by atoms with E-state index in [1.54, 1.807) is 18.3 Å². The Hall–Kier alpha value is -2.72. The molecule has 1 heterocycles. The van der Waals surface area contributed by atoms with Crippen LogP contribution < -0.4 is 5.32 Å². The zero-order chi connectivity index (χ0) is 16.9. The molecule has 0 aliphatic heterocycles. The van der Waals surface area contributed by atoms with Crippen LogP contribution in [0.1, 0.15) is 21.7 Å². The first-order chi connectivity index (χ1) is 11.6. The van der Waals surface area contributed by atoms with Crippen LogP contribution in [0.15, 0.2) is 60.8 Å². The lowest BCUT2D eigenvalue weighted by molar-refractivity contribution is 0.0951. The topological polar surface area (TPSA) is 54.9 Å². The molecule has 1 N–H and O–H groups in total. The molecule has 3 rings (SSSR count). The molecule has 0 saturated heterocycles. The minimum Gasteiger partial charge on any atom is -0.348 e. The minimum atomic E-state index is -0.139. The van der Waals surface area contributed by atoms with Crippen molar-refractivity contribution in [3.05, 3.63) is 82.8 Å². The maximum absolute atomic E-state index is 12.3. The first-order valence-electron chi connectivity index (χ1n) is 7.55. The van der Waals surface area contributed by atoms with E-state index in [-0.39, 0.29) is 5.91 Å². The van der Waals surface area contributed by atoms with Gasteiger partial charge in [-0.25, -0.2) is 9.97 Å². The molecule has 1 amide bonds. The molecule has 0 unspecified atom stereocenters. The van der Waals surface area contributed by atoms with E-state index in [2.05, 4.69) is 15.3 Å². The predicted molar refractivity (Wildman–Crippen MR) is 94.8 cm³/mol. The van der Waals surface area contributed by atoms with Crippen molar-refractivity contribution in [1.82, 2.24) is 15.3 Å². The van der Waals surface area contributed by atoms with E-state index in [1.165, 1.54) is 0 Å². The number of amides is 1. The van der Waals surface area contributed by atoms with E-state index in [0.717, 1.165) is 16.8 Å². The standard InChI is InChI=1S/C19H16ClN3O/c1-13-21-11-10-18(23-13)14-6-8-15(9-7-14)19(24)22-12-16-4-2-3-5-17(16)20/h2-11H,12H2,1H3,(H,22,24). The average Bonchev–Trinajstić information content (AvgIpc) is 2.61. The molecule has 0 aliphatic rings. The molecule has 5 heteroatoms. The molecule has 0 fully saturated rings. The summed E-state index contributed by atoms with van der Waals surface area (Å²) in [5, 5.41) is 3.52. The number of hydrogen-bond donors (Lipinski definition) is 1. The normalized spacial score (nSPS) is 10.4. The number of aryl methyl sites for hydroxylation is 1. The fraction of sp³-hybridized carbons (Fsp3) is 0.105. The predicted octanol–water partition coefficient (Wildman–Crippen LogP) is 4.04. The largest absolute Gasteiger partial charge is 0.348 e. The van der Waals surface area contributed by atoms with Crippen LogP contribution in [0.2, 0.25) is 5.02 Å². The van der Waals surface area contributed by atoms with Crippen molar-refractivity contribution in [2.24, 2.45) is 0 Å². The molecule has 24 heavy (non-hydrogen) atoms. The lowest BCUT2D eigenvalue weighted by Crippen LogP contribution is -2.22. The van der Waals surface area contributed by atoms with Crippen molar-refractivity contribution in [2.75, 3.05) is 0 Å². The average molecular weight is 338 g/mol. The molecule has 0 aliphatic carbocycles. The quantitative estimate of drug-likeness (QED) is 0.781. The third-order valence-electron chi connectivity index (χ3n) is 3.62. The van der Waals surface area contributed by atoms with Crippen molar-refractivity contribution in [1.29, 1.82) is 0 Å². The monoisotopic (exact) mass is 337 g/mol. The second kappa shape index (κ2) is 7.23. The first-order valence-corrected chi connectivity index (χ1v) is 7.93. The summed E-state index contributed by atoms with van der Waals surface area (Å²) in [6, 6.07) is 16.6. The molecule has 120 valence electrons. The Morgan fingerprint density at radius 2 is 1.83 bits per heavy atom. The maximum Gasteiger partial charge on any atom is 0.251 e. The molecule has 2 aromatic carbocycles. The van der Waals surface area contributed by atoms with Gasteiger partial charge in [0.15, 0.2) is 0 Å². The third-order valence-corrected chi connectivity index (χ3v) is 3.98. The van der Waals surface area contributed by atoms with Gasteiger partial charge >= 0.3 is 0 Å². The van der Waals surface area contributed by atoms with E-state index in [1.807, 2.05) is 49.4 Å². The summed E-state index contributed by atoms with van der Waals surface area (Å²) >= 11 is 6.09. The van der Waals surface area contributed by atoms with Gasteiger partial charge < -0.3 is 5.32 Å². The Bertz CT molecular complexity index is 862. The Labute approximate surface area is 145 Å². The minimum absolute atomic E-state index is 0.139. The smallest absolute Gasteiger partial charge is 0.251 e. The van der Waals surface area contributed by atoms with Gasteiger partial charge in [-0.3, -0.25) is 4.79 Å². The summed E-state index contributed by atoms with van der Waals surface area (Å²) in [4.78, 5) is 20.7. The van der Waals surface area contributed by atoms with Gasteiger partial charge in [0.1, 0.15) is 5.82 Å². The molecule has 0 radical (unpaired) electrons. The zero-order valence-electron chi connectivity index (χ0n) is 13.2. The van der Waals surface area contributed by atoms with Crippen molar-refractivity contribution in [2.45, 2.75) is 13.5 Å². The van der Waals surface area contributed by atoms with Crippen LogP contribution in [0, 0.1) is 6.92 Å². The highest BCUT2D eigenvalue weighted by molar-refractivity contribution is 6.31. The van der Waals surface area contributed by atoms with Crippen LogP contribution in [-0.4, -0.2) is 15.9 Å². The van der Waals surface area contributed by atoms with Crippen LogP contribution >= 0.6 is 11.6 Å². The number of benzene rings is 2. The number of hydrogen-bond acceptors (Lipinski definition) is 3. The van der Waals surface area contributed by atoms with Gasteiger partial charge in [0.25, 0.3) is 5.91 Å². The molecular weight excluding hydrogens is 322 g/mol.